The highest BCUT2D eigenvalue weighted by atomic mass is 16.5. The van der Waals surface area contributed by atoms with Gasteiger partial charge < -0.3 is 14.4 Å². The van der Waals surface area contributed by atoms with Gasteiger partial charge in [-0.3, -0.25) is 4.98 Å². The number of hydrogen-bond acceptors (Lipinski definition) is 6. The second-order valence-electron chi connectivity index (χ2n) is 4.40. The van der Waals surface area contributed by atoms with Crippen molar-refractivity contribution in [3.8, 4) is 23.0 Å². The van der Waals surface area contributed by atoms with Crippen LogP contribution in [0.5, 0.6) is 11.5 Å². The quantitative estimate of drug-likeness (QED) is 0.792. The van der Waals surface area contributed by atoms with E-state index in [4.69, 9.17) is 9.26 Å². The highest BCUT2D eigenvalue weighted by Gasteiger charge is 2.14. The molecule has 0 aliphatic heterocycles. The van der Waals surface area contributed by atoms with E-state index < -0.39 is 0 Å². The molecule has 21 heavy (non-hydrogen) atoms. The molecule has 3 aromatic rings. The Labute approximate surface area is 121 Å². The number of phenolic OH excluding ortho intramolecular Hbond substituents is 1. The average molecular weight is 283 g/mol. The lowest BCUT2D eigenvalue weighted by molar-refractivity contribution is 0.404. The van der Waals surface area contributed by atoms with Gasteiger partial charge in [-0.15, -0.1) is 0 Å². The molecule has 6 nitrogen and oxygen atoms in total. The zero-order valence-electron chi connectivity index (χ0n) is 11.4. The summed E-state index contributed by atoms with van der Waals surface area (Å²) in [5, 5.41) is 13.9. The summed E-state index contributed by atoms with van der Waals surface area (Å²) in [4.78, 5) is 8.48. The van der Waals surface area contributed by atoms with Gasteiger partial charge in [0.2, 0.25) is 0 Å². The van der Waals surface area contributed by atoms with E-state index in [0.29, 0.717) is 23.6 Å². The highest BCUT2D eigenvalue weighted by Crippen LogP contribution is 2.31. The van der Waals surface area contributed by atoms with Crippen molar-refractivity contribution in [2.24, 2.45) is 0 Å². The lowest BCUT2D eigenvalue weighted by Crippen LogP contribution is -1.93. The standard InChI is InChI=1S/C15H13N3O3/c1-20-11-5-6-12(13(19)9-11)15-17-14(18-21-15)8-10-4-2-3-7-16-10/h2-7,9,19H,8H2,1H3. The summed E-state index contributed by atoms with van der Waals surface area (Å²) in [5.74, 6) is 1.37. The van der Waals surface area contributed by atoms with Gasteiger partial charge in [0.05, 0.1) is 19.1 Å². The van der Waals surface area contributed by atoms with Crippen LogP contribution < -0.4 is 4.74 Å². The fourth-order valence-corrected chi connectivity index (χ4v) is 1.92. The summed E-state index contributed by atoms with van der Waals surface area (Å²) in [7, 11) is 1.53. The second-order valence-corrected chi connectivity index (χ2v) is 4.40. The maximum absolute atomic E-state index is 9.95. The van der Waals surface area contributed by atoms with Gasteiger partial charge in [0.15, 0.2) is 5.82 Å². The van der Waals surface area contributed by atoms with E-state index >= 15 is 0 Å². The minimum Gasteiger partial charge on any atom is -0.507 e. The number of rotatable bonds is 4. The summed E-state index contributed by atoms with van der Waals surface area (Å²) in [6, 6.07) is 10.5. The first-order valence-corrected chi connectivity index (χ1v) is 6.36. The SMILES string of the molecule is COc1ccc(-c2nc(Cc3ccccn3)no2)c(O)c1. The van der Waals surface area contributed by atoms with Crippen molar-refractivity contribution in [3.63, 3.8) is 0 Å². The Hall–Kier alpha value is -2.89. The number of ether oxygens (including phenoxy) is 1. The second kappa shape index (κ2) is 5.62. The first kappa shape index (κ1) is 13.1. The maximum Gasteiger partial charge on any atom is 0.261 e. The van der Waals surface area contributed by atoms with Gasteiger partial charge in [-0.1, -0.05) is 11.2 Å². The first-order chi connectivity index (χ1) is 10.3. The third-order valence-corrected chi connectivity index (χ3v) is 2.97. The van der Waals surface area contributed by atoms with Gasteiger partial charge in [0, 0.05) is 18.0 Å². The van der Waals surface area contributed by atoms with Crippen LogP contribution in [0.2, 0.25) is 0 Å². The van der Waals surface area contributed by atoms with Crippen LogP contribution in [0.4, 0.5) is 0 Å². The molecule has 6 heteroatoms. The number of nitrogens with zero attached hydrogens (tertiary/aromatic N) is 3. The Balaban J connectivity index is 1.85. The van der Waals surface area contributed by atoms with E-state index in [1.54, 1.807) is 18.3 Å². The minimum atomic E-state index is 0.0300. The van der Waals surface area contributed by atoms with Crippen LogP contribution in [0.15, 0.2) is 47.1 Å². The molecule has 0 radical (unpaired) electrons. The first-order valence-electron chi connectivity index (χ1n) is 6.36. The molecule has 0 spiro atoms. The summed E-state index contributed by atoms with van der Waals surface area (Å²) in [6.07, 6.45) is 2.19. The molecule has 106 valence electrons. The Morgan fingerprint density at radius 3 is 2.86 bits per heavy atom. The van der Waals surface area contributed by atoms with E-state index in [-0.39, 0.29) is 11.6 Å². The number of pyridine rings is 1. The molecule has 0 atom stereocenters. The molecule has 0 aliphatic rings. The fraction of sp³-hybridized carbons (Fsp3) is 0.133. The zero-order valence-corrected chi connectivity index (χ0v) is 11.4. The van der Waals surface area contributed by atoms with Gasteiger partial charge in [-0.2, -0.15) is 4.98 Å². The largest absolute Gasteiger partial charge is 0.507 e. The number of hydrogen-bond donors (Lipinski definition) is 1. The Morgan fingerprint density at radius 1 is 1.24 bits per heavy atom. The van der Waals surface area contributed by atoms with E-state index in [0.717, 1.165) is 5.69 Å². The molecule has 2 heterocycles. The monoisotopic (exact) mass is 283 g/mol. The molecule has 2 aromatic heterocycles. The molecule has 1 N–H and O–H groups in total. The van der Waals surface area contributed by atoms with Gasteiger partial charge in [0.25, 0.3) is 5.89 Å². The van der Waals surface area contributed by atoms with Crippen LogP contribution in [0.1, 0.15) is 11.5 Å². The molecular formula is C15H13N3O3. The van der Waals surface area contributed by atoms with Crippen molar-refractivity contribution in [2.45, 2.75) is 6.42 Å². The summed E-state index contributed by atoms with van der Waals surface area (Å²) < 4.78 is 10.2. The highest BCUT2D eigenvalue weighted by molar-refractivity contribution is 5.63. The van der Waals surface area contributed by atoms with Crippen LogP contribution in [0, 0.1) is 0 Å². The fourth-order valence-electron chi connectivity index (χ4n) is 1.92. The van der Waals surface area contributed by atoms with Crippen molar-refractivity contribution in [3.05, 3.63) is 54.1 Å². The van der Waals surface area contributed by atoms with Crippen molar-refractivity contribution in [1.82, 2.24) is 15.1 Å². The third-order valence-electron chi connectivity index (χ3n) is 2.97. The van der Waals surface area contributed by atoms with Gasteiger partial charge >= 0.3 is 0 Å². The molecule has 1 aromatic carbocycles. The maximum atomic E-state index is 9.95. The van der Waals surface area contributed by atoms with Crippen LogP contribution in [-0.2, 0) is 6.42 Å². The molecule has 0 aliphatic carbocycles. The molecule has 3 rings (SSSR count). The predicted octanol–water partition coefficient (Wildman–Crippen LogP) is 2.44. The summed E-state index contributed by atoms with van der Waals surface area (Å²) in [6.45, 7) is 0. The normalized spacial score (nSPS) is 10.5. The van der Waals surface area contributed by atoms with Crippen LogP contribution in [-0.4, -0.2) is 27.3 Å². The Morgan fingerprint density at radius 2 is 2.14 bits per heavy atom. The smallest absolute Gasteiger partial charge is 0.261 e. The number of aromatic hydroxyl groups is 1. The van der Waals surface area contributed by atoms with E-state index in [9.17, 15) is 5.11 Å². The Kier molecular flexibility index (Phi) is 3.51. The van der Waals surface area contributed by atoms with Gasteiger partial charge in [0.1, 0.15) is 11.5 Å². The zero-order chi connectivity index (χ0) is 14.7. The van der Waals surface area contributed by atoms with Crippen LogP contribution >= 0.6 is 0 Å². The van der Waals surface area contributed by atoms with Crippen LogP contribution in [0.25, 0.3) is 11.5 Å². The predicted molar refractivity (Wildman–Crippen MR) is 75.0 cm³/mol. The number of phenols is 1. The number of methoxy groups -OCH3 is 1. The van der Waals surface area contributed by atoms with Crippen LogP contribution in [0.3, 0.4) is 0 Å². The van der Waals surface area contributed by atoms with E-state index in [1.165, 1.54) is 13.2 Å². The lowest BCUT2D eigenvalue weighted by atomic mass is 10.2. The number of aromatic nitrogens is 3. The van der Waals surface area contributed by atoms with Crippen molar-refractivity contribution in [2.75, 3.05) is 7.11 Å². The number of benzene rings is 1. The molecular weight excluding hydrogens is 270 g/mol. The third kappa shape index (κ3) is 2.84. The molecule has 0 fully saturated rings. The lowest BCUT2D eigenvalue weighted by Gasteiger charge is -2.02. The molecule has 0 saturated carbocycles. The van der Waals surface area contributed by atoms with E-state index in [2.05, 4.69) is 15.1 Å². The van der Waals surface area contributed by atoms with Gasteiger partial charge in [-0.25, -0.2) is 0 Å². The van der Waals surface area contributed by atoms with Crippen molar-refractivity contribution in [1.29, 1.82) is 0 Å². The van der Waals surface area contributed by atoms with Gasteiger partial charge in [-0.05, 0) is 24.3 Å². The molecule has 0 amide bonds. The summed E-state index contributed by atoms with van der Waals surface area (Å²) >= 11 is 0. The topological polar surface area (TPSA) is 81.3 Å². The minimum absolute atomic E-state index is 0.0300. The average Bonchev–Trinajstić information content (AvgIpc) is 2.96. The van der Waals surface area contributed by atoms with Crippen molar-refractivity contribution >= 4 is 0 Å². The molecule has 0 saturated heterocycles. The summed E-state index contributed by atoms with van der Waals surface area (Å²) in [5.41, 5.74) is 1.32. The molecule has 0 bridgehead atoms. The Bertz CT molecular complexity index is 741. The molecule has 0 unspecified atom stereocenters. The van der Waals surface area contributed by atoms with E-state index in [1.807, 2.05) is 18.2 Å². The van der Waals surface area contributed by atoms with Crippen molar-refractivity contribution < 1.29 is 14.4 Å².